The number of carbonyl (C=O) groups excluding carboxylic acids is 1. The Balaban J connectivity index is 3.24. The van der Waals surface area contributed by atoms with E-state index in [2.05, 4.69) is 23.8 Å². The van der Waals surface area contributed by atoms with E-state index in [0.29, 0.717) is 13.1 Å². The van der Waals surface area contributed by atoms with Crippen molar-refractivity contribution in [3.63, 3.8) is 0 Å². The lowest BCUT2D eigenvalue weighted by Crippen LogP contribution is -2.35. The van der Waals surface area contributed by atoms with Crippen LogP contribution in [0.4, 0.5) is 4.79 Å². The lowest BCUT2D eigenvalue weighted by molar-refractivity contribution is 0.243. The molecule has 0 saturated heterocycles. The van der Waals surface area contributed by atoms with Crippen molar-refractivity contribution in [2.45, 2.75) is 0 Å². The molecule has 2 N–H and O–H groups in total. The summed E-state index contributed by atoms with van der Waals surface area (Å²) >= 11 is 0. The summed E-state index contributed by atoms with van der Waals surface area (Å²) in [7, 11) is 0. The monoisotopic (exact) mass is 140 g/mol. The van der Waals surface area contributed by atoms with Crippen LogP contribution in [0.1, 0.15) is 0 Å². The van der Waals surface area contributed by atoms with Gasteiger partial charge in [-0.15, -0.1) is 13.2 Å². The molecule has 2 amide bonds. The third-order valence-corrected chi connectivity index (χ3v) is 0.814. The number of carbonyl (C=O) groups is 1. The van der Waals surface area contributed by atoms with Crippen molar-refractivity contribution >= 4 is 6.03 Å². The van der Waals surface area contributed by atoms with Crippen LogP contribution in [0, 0.1) is 0 Å². The first-order valence-electron chi connectivity index (χ1n) is 3.04. The minimum absolute atomic E-state index is 0.195. The molecule has 0 bridgehead atoms. The van der Waals surface area contributed by atoms with Gasteiger partial charge in [0.2, 0.25) is 0 Å². The fourth-order valence-corrected chi connectivity index (χ4v) is 0.392. The van der Waals surface area contributed by atoms with Crippen molar-refractivity contribution in [1.82, 2.24) is 10.6 Å². The molecule has 0 aliphatic heterocycles. The predicted octanol–water partition coefficient (Wildman–Crippen LogP) is 0.658. The van der Waals surface area contributed by atoms with Gasteiger partial charge in [-0.25, -0.2) is 4.79 Å². The molecule has 0 radical (unpaired) electrons. The van der Waals surface area contributed by atoms with E-state index in [0.717, 1.165) is 0 Å². The molecule has 10 heavy (non-hydrogen) atoms. The predicted molar refractivity (Wildman–Crippen MR) is 41.8 cm³/mol. The van der Waals surface area contributed by atoms with Gasteiger partial charge in [-0.2, -0.15) is 0 Å². The summed E-state index contributed by atoms with van der Waals surface area (Å²) in [6.07, 6.45) is 3.24. The van der Waals surface area contributed by atoms with Crippen molar-refractivity contribution in [1.29, 1.82) is 0 Å². The summed E-state index contributed by atoms with van der Waals surface area (Å²) in [5.41, 5.74) is 0. The third kappa shape index (κ3) is 4.90. The maximum atomic E-state index is 10.6. The van der Waals surface area contributed by atoms with Crippen LogP contribution in [0.3, 0.4) is 0 Å². The Bertz CT molecular complexity index is 118. The van der Waals surface area contributed by atoms with Gasteiger partial charge in [0, 0.05) is 13.1 Å². The Morgan fingerprint density at radius 2 is 1.60 bits per heavy atom. The molecule has 3 heteroatoms. The Morgan fingerprint density at radius 3 is 1.90 bits per heavy atom. The SMILES string of the molecule is C=CCNC(=O)NCC=C. The molecular weight excluding hydrogens is 128 g/mol. The molecule has 0 aromatic heterocycles. The van der Waals surface area contributed by atoms with Gasteiger partial charge >= 0.3 is 6.03 Å². The van der Waals surface area contributed by atoms with Crippen LogP contribution < -0.4 is 10.6 Å². The van der Waals surface area contributed by atoms with E-state index in [1.807, 2.05) is 0 Å². The van der Waals surface area contributed by atoms with Gasteiger partial charge in [-0.1, -0.05) is 12.2 Å². The van der Waals surface area contributed by atoms with E-state index in [-0.39, 0.29) is 6.03 Å². The molecule has 56 valence electrons. The zero-order valence-corrected chi connectivity index (χ0v) is 5.89. The minimum Gasteiger partial charge on any atom is -0.335 e. The summed E-state index contributed by atoms with van der Waals surface area (Å²) in [6, 6.07) is -0.195. The highest BCUT2D eigenvalue weighted by Gasteiger charge is 1.91. The molecule has 0 spiro atoms. The van der Waals surface area contributed by atoms with Crippen LogP contribution in [0.15, 0.2) is 25.3 Å². The van der Waals surface area contributed by atoms with Gasteiger partial charge < -0.3 is 10.6 Å². The Hall–Kier alpha value is -1.25. The van der Waals surface area contributed by atoms with E-state index >= 15 is 0 Å². The minimum atomic E-state index is -0.195. The molecule has 0 fully saturated rings. The summed E-state index contributed by atoms with van der Waals surface area (Å²) in [6.45, 7) is 7.88. The molecule has 0 rings (SSSR count). The zero-order chi connectivity index (χ0) is 7.82. The Morgan fingerprint density at radius 1 is 1.20 bits per heavy atom. The van der Waals surface area contributed by atoms with Crippen LogP contribution >= 0.6 is 0 Å². The van der Waals surface area contributed by atoms with Crippen molar-refractivity contribution in [2.24, 2.45) is 0 Å². The van der Waals surface area contributed by atoms with Crippen LogP contribution in [0.2, 0.25) is 0 Å². The first-order valence-corrected chi connectivity index (χ1v) is 3.04. The van der Waals surface area contributed by atoms with E-state index in [1.54, 1.807) is 12.2 Å². The molecule has 3 nitrogen and oxygen atoms in total. The summed E-state index contributed by atoms with van der Waals surface area (Å²) in [5, 5.41) is 5.10. The number of rotatable bonds is 4. The normalized spacial score (nSPS) is 8.00. The second kappa shape index (κ2) is 5.88. The van der Waals surface area contributed by atoms with E-state index in [4.69, 9.17) is 0 Å². The molecule has 0 unspecified atom stereocenters. The maximum Gasteiger partial charge on any atom is 0.315 e. The van der Waals surface area contributed by atoms with Gasteiger partial charge in [-0.3, -0.25) is 0 Å². The lowest BCUT2D eigenvalue weighted by Gasteiger charge is -2.01. The van der Waals surface area contributed by atoms with Crippen molar-refractivity contribution < 1.29 is 4.79 Å². The summed E-state index contributed by atoms with van der Waals surface area (Å²) < 4.78 is 0. The third-order valence-electron chi connectivity index (χ3n) is 0.814. The van der Waals surface area contributed by atoms with Crippen molar-refractivity contribution in [3.8, 4) is 0 Å². The number of nitrogens with one attached hydrogen (secondary N) is 2. The largest absolute Gasteiger partial charge is 0.335 e. The molecule has 0 saturated carbocycles. The van der Waals surface area contributed by atoms with E-state index in [9.17, 15) is 4.79 Å². The quantitative estimate of drug-likeness (QED) is 0.553. The fraction of sp³-hybridized carbons (Fsp3) is 0.286. The number of amides is 2. The molecule has 0 aromatic rings. The van der Waals surface area contributed by atoms with Crippen LogP contribution in [0.25, 0.3) is 0 Å². The van der Waals surface area contributed by atoms with Crippen molar-refractivity contribution in [3.05, 3.63) is 25.3 Å². The highest BCUT2D eigenvalue weighted by atomic mass is 16.2. The highest BCUT2D eigenvalue weighted by Crippen LogP contribution is 1.65. The molecule has 0 atom stereocenters. The maximum absolute atomic E-state index is 10.6. The second-order valence-corrected chi connectivity index (χ2v) is 1.67. The Kier molecular flexibility index (Phi) is 5.14. The van der Waals surface area contributed by atoms with Crippen molar-refractivity contribution in [2.75, 3.05) is 13.1 Å². The first-order chi connectivity index (χ1) is 4.81. The van der Waals surface area contributed by atoms with Crippen LogP contribution in [-0.2, 0) is 0 Å². The zero-order valence-electron chi connectivity index (χ0n) is 5.89. The van der Waals surface area contributed by atoms with E-state index in [1.165, 1.54) is 0 Å². The standard InChI is InChI=1S/C7H12N2O/c1-3-5-8-7(10)9-6-4-2/h3-4H,1-2,5-6H2,(H2,8,9,10). The lowest BCUT2D eigenvalue weighted by atomic mass is 10.6. The number of hydrogen-bond acceptors (Lipinski definition) is 1. The topological polar surface area (TPSA) is 41.1 Å². The van der Waals surface area contributed by atoms with Crippen LogP contribution in [0.5, 0.6) is 0 Å². The molecule has 0 aliphatic carbocycles. The fourth-order valence-electron chi connectivity index (χ4n) is 0.392. The van der Waals surface area contributed by atoms with Gasteiger partial charge in [0.15, 0.2) is 0 Å². The van der Waals surface area contributed by atoms with Gasteiger partial charge in [0.1, 0.15) is 0 Å². The molecule has 0 heterocycles. The van der Waals surface area contributed by atoms with E-state index < -0.39 is 0 Å². The van der Waals surface area contributed by atoms with Gasteiger partial charge in [-0.05, 0) is 0 Å². The summed E-state index contributed by atoms with van der Waals surface area (Å²) in [5.74, 6) is 0. The average Bonchev–Trinajstić information content (AvgIpc) is 1.97. The average molecular weight is 140 g/mol. The number of urea groups is 1. The molecule has 0 aliphatic rings. The number of hydrogen-bond donors (Lipinski definition) is 2. The first kappa shape index (κ1) is 8.75. The molecule has 0 aromatic carbocycles. The van der Waals surface area contributed by atoms with Gasteiger partial charge in [0.05, 0.1) is 0 Å². The highest BCUT2D eigenvalue weighted by molar-refractivity contribution is 5.74. The Labute approximate surface area is 60.8 Å². The van der Waals surface area contributed by atoms with Gasteiger partial charge in [0.25, 0.3) is 0 Å². The second-order valence-electron chi connectivity index (χ2n) is 1.67. The molecular formula is C7H12N2O. The van der Waals surface area contributed by atoms with Crippen LogP contribution in [-0.4, -0.2) is 19.1 Å². The smallest absolute Gasteiger partial charge is 0.315 e. The summed E-state index contributed by atoms with van der Waals surface area (Å²) in [4.78, 5) is 10.6.